The Kier molecular flexibility index (Phi) is 4.20. The van der Waals surface area contributed by atoms with Gasteiger partial charge in [-0.1, -0.05) is 29.8 Å². The zero-order chi connectivity index (χ0) is 13.1. The number of aryl methyl sites for hydroxylation is 2. The zero-order valence-electron chi connectivity index (χ0n) is 10.5. The fourth-order valence-corrected chi connectivity index (χ4v) is 2.78. The highest BCUT2D eigenvalue weighted by molar-refractivity contribution is 7.98. The highest BCUT2D eigenvalue weighted by Crippen LogP contribution is 2.30. The van der Waals surface area contributed by atoms with Crippen molar-refractivity contribution in [2.24, 2.45) is 0 Å². The Morgan fingerprint density at radius 3 is 2.50 bits per heavy atom. The van der Waals surface area contributed by atoms with Crippen molar-refractivity contribution in [3.8, 4) is 0 Å². The van der Waals surface area contributed by atoms with E-state index in [2.05, 4.69) is 32.0 Å². The first-order valence-electron chi connectivity index (χ1n) is 5.80. The summed E-state index contributed by atoms with van der Waals surface area (Å²) in [5.41, 5.74) is 10.7. The second-order valence-corrected chi connectivity index (χ2v) is 5.84. The lowest BCUT2D eigenvalue weighted by Gasteiger charge is -2.07. The molecule has 0 heterocycles. The van der Waals surface area contributed by atoms with Crippen molar-refractivity contribution < 1.29 is 0 Å². The minimum absolute atomic E-state index is 0.683. The summed E-state index contributed by atoms with van der Waals surface area (Å²) in [7, 11) is 0. The lowest BCUT2D eigenvalue weighted by Crippen LogP contribution is -1.90. The SMILES string of the molecule is Cc1ccc(CSc2ccc(Cl)cc2N)cc1C. The monoisotopic (exact) mass is 277 g/mol. The number of hydrogen-bond donors (Lipinski definition) is 1. The average Bonchev–Trinajstić information content (AvgIpc) is 2.32. The van der Waals surface area contributed by atoms with Gasteiger partial charge in [-0.05, 0) is 48.7 Å². The summed E-state index contributed by atoms with van der Waals surface area (Å²) in [5.74, 6) is 0.924. The Bertz CT molecular complexity index is 566. The van der Waals surface area contributed by atoms with E-state index in [1.54, 1.807) is 17.8 Å². The van der Waals surface area contributed by atoms with Gasteiger partial charge in [0.05, 0.1) is 0 Å². The van der Waals surface area contributed by atoms with Crippen molar-refractivity contribution >= 4 is 29.1 Å². The van der Waals surface area contributed by atoms with Gasteiger partial charge in [-0.2, -0.15) is 0 Å². The Hall–Kier alpha value is -1.12. The number of benzene rings is 2. The molecule has 0 saturated carbocycles. The second kappa shape index (κ2) is 5.68. The molecular weight excluding hydrogens is 262 g/mol. The van der Waals surface area contributed by atoms with Gasteiger partial charge in [0.25, 0.3) is 0 Å². The van der Waals surface area contributed by atoms with Gasteiger partial charge in [-0.25, -0.2) is 0 Å². The molecule has 2 N–H and O–H groups in total. The minimum Gasteiger partial charge on any atom is -0.398 e. The first-order chi connectivity index (χ1) is 8.56. The van der Waals surface area contributed by atoms with Gasteiger partial charge in [-0.15, -0.1) is 11.8 Å². The normalized spacial score (nSPS) is 10.6. The highest BCUT2D eigenvalue weighted by atomic mass is 35.5. The van der Waals surface area contributed by atoms with Crippen LogP contribution in [-0.2, 0) is 5.75 Å². The Labute approximate surface area is 117 Å². The molecule has 0 aromatic heterocycles. The van der Waals surface area contributed by atoms with Crippen LogP contribution in [0.25, 0.3) is 0 Å². The number of anilines is 1. The summed E-state index contributed by atoms with van der Waals surface area (Å²) in [6.07, 6.45) is 0. The molecule has 0 saturated heterocycles. The van der Waals surface area contributed by atoms with E-state index in [0.29, 0.717) is 5.02 Å². The number of thioether (sulfide) groups is 1. The fraction of sp³-hybridized carbons (Fsp3) is 0.200. The molecule has 0 fully saturated rings. The van der Waals surface area contributed by atoms with Crippen LogP contribution in [0.3, 0.4) is 0 Å². The molecule has 0 aliphatic heterocycles. The average molecular weight is 278 g/mol. The molecule has 18 heavy (non-hydrogen) atoms. The van der Waals surface area contributed by atoms with Crippen LogP contribution in [0, 0.1) is 13.8 Å². The Balaban J connectivity index is 2.09. The van der Waals surface area contributed by atoms with Gasteiger partial charge in [0.2, 0.25) is 0 Å². The van der Waals surface area contributed by atoms with Crippen LogP contribution in [0.15, 0.2) is 41.3 Å². The number of rotatable bonds is 3. The van der Waals surface area contributed by atoms with E-state index in [4.69, 9.17) is 17.3 Å². The smallest absolute Gasteiger partial charge is 0.0467 e. The molecule has 1 nitrogen and oxygen atoms in total. The maximum Gasteiger partial charge on any atom is 0.0467 e. The zero-order valence-corrected chi connectivity index (χ0v) is 12.1. The topological polar surface area (TPSA) is 26.0 Å². The van der Waals surface area contributed by atoms with Crippen LogP contribution in [-0.4, -0.2) is 0 Å². The molecule has 0 radical (unpaired) electrons. The van der Waals surface area contributed by atoms with Crippen molar-refractivity contribution in [1.82, 2.24) is 0 Å². The largest absolute Gasteiger partial charge is 0.398 e. The predicted molar refractivity (Wildman–Crippen MR) is 81.3 cm³/mol. The predicted octanol–water partition coefficient (Wildman–Crippen LogP) is 4.83. The molecule has 3 heteroatoms. The standard InChI is InChI=1S/C15H16ClNS/c1-10-3-4-12(7-11(10)2)9-18-15-6-5-13(16)8-14(15)17/h3-8H,9,17H2,1-2H3. The first-order valence-corrected chi connectivity index (χ1v) is 7.16. The van der Waals surface area contributed by atoms with E-state index < -0.39 is 0 Å². The van der Waals surface area contributed by atoms with Gasteiger partial charge < -0.3 is 5.73 Å². The number of nitrogen functional groups attached to an aromatic ring is 1. The van der Waals surface area contributed by atoms with E-state index in [9.17, 15) is 0 Å². The molecular formula is C15H16ClNS. The highest BCUT2D eigenvalue weighted by Gasteiger charge is 2.02. The Morgan fingerprint density at radius 2 is 1.83 bits per heavy atom. The van der Waals surface area contributed by atoms with Crippen LogP contribution in [0.2, 0.25) is 5.02 Å². The molecule has 0 aliphatic carbocycles. The molecule has 94 valence electrons. The van der Waals surface area contributed by atoms with Crippen molar-refractivity contribution in [2.45, 2.75) is 24.5 Å². The van der Waals surface area contributed by atoms with E-state index in [0.717, 1.165) is 16.3 Å². The number of halogens is 1. The molecule has 0 spiro atoms. The lowest BCUT2D eigenvalue weighted by molar-refractivity contribution is 1.28. The molecule has 0 unspecified atom stereocenters. The summed E-state index contributed by atoms with van der Waals surface area (Å²) in [6, 6.07) is 12.2. The summed E-state index contributed by atoms with van der Waals surface area (Å²) in [6.45, 7) is 4.27. The van der Waals surface area contributed by atoms with Gasteiger partial charge >= 0.3 is 0 Å². The van der Waals surface area contributed by atoms with Crippen LogP contribution in [0.4, 0.5) is 5.69 Å². The minimum atomic E-state index is 0.683. The molecule has 2 aromatic carbocycles. The molecule has 0 aliphatic rings. The third-order valence-electron chi connectivity index (χ3n) is 2.94. The van der Waals surface area contributed by atoms with Crippen LogP contribution >= 0.6 is 23.4 Å². The van der Waals surface area contributed by atoms with Crippen LogP contribution in [0.1, 0.15) is 16.7 Å². The van der Waals surface area contributed by atoms with Crippen molar-refractivity contribution in [2.75, 3.05) is 5.73 Å². The summed E-state index contributed by atoms with van der Waals surface area (Å²) >= 11 is 7.62. The molecule has 0 atom stereocenters. The van der Waals surface area contributed by atoms with Gasteiger partial charge in [0, 0.05) is 21.4 Å². The summed E-state index contributed by atoms with van der Waals surface area (Å²) < 4.78 is 0. The maximum atomic E-state index is 5.93. The maximum absolute atomic E-state index is 5.93. The lowest BCUT2D eigenvalue weighted by atomic mass is 10.1. The molecule has 2 rings (SSSR count). The van der Waals surface area contributed by atoms with Crippen molar-refractivity contribution in [3.05, 3.63) is 58.1 Å². The van der Waals surface area contributed by atoms with E-state index in [-0.39, 0.29) is 0 Å². The fourth-order valence-electron chi connectivity index (χ4n) is 1.71. The second-order valence-electron chi connectivity index (χ2n) is 4.39. The molecule has 0 bridgehead atoms. The van der Waals surface area contributed by atoms with Crippen LogP contribution in [0.5, 0.6) is 0 Å². The van der Waals surface area contributed by atoms with E-state index in [1.165, 1.54) is 16.7 Å². The van der Waals surface area contributed by atoms with E-state index in [1.807, 2.05) is 12.1 Å². The van der Waals surface area contributed by atoms with Gasteiger partial charge in [0.15, 0.2) is 0 Å². The number of nitrogens with two attached hydrogens (primary N) is 1. The third-order valence-corrected chi connectivity index (χ3v) is 4.33. The summed E-state index contributed by atoms with van der Waals surface area (Å²) in [5, 5.41) is 0.683. The van der Waals surface area contributed by atoms with Crippen LogP contribution < -0.4 is 5.73 Å². The Morgan fingerprint density at radius 1 is 1.06 bits per heavy atom. The molecule has 0 amide bonds. The third kappa shape index (κ3) is 3.21. The van der Waals surface area contributed by atoms with Gasteiger partial charge in [-0.3, -0.25) is 0 Å². The molecule has 2 aromatic rings. The first kappa shape index (κ1) is 13.3. The summed E-state index contributed by atoms with van der Waals surface area (Å²) in [4.78, 5) is 1.08. The van der Waals surface area contributed by atoms with Crippen molar-refractivity contribution in [1.29, 1.82) is 0 Å². The number of hydrogen-bond acceptors (Lipinski definition) is 2. The van der Waals surface area contributed by atoms with Gasteiger partial charge in [0.1, 0.15) is 0 Å². The quantitative estimate of drug-likeness (QED) is 0.642. The van der Waals surface area contributed by atoms with Crippen molar-refractivity contribution in [3.63, 3.8) is 0 Å². The van der Waals surface area contributed by atoms with E-state index >= 15 is 0 Å².